The minimum absolute atomic E-state index is 0. The first-order valence-corrected chi connectivity index (χ1v) is 8.00. The van der Waals surface area contributed by atoms with Crippen molar-refractivity contribution in [3.63, 3.8) is 0 Å². The molecule has 2 heterocycles. The fourth-order valence-electron chi connectivity index (χ4n) is 2.18. The number of benzene rings is 1. The standard InChI is InChI=1S/C19H17N3OS.H2/c1-3-13(2)14-11-17-16(20-12-14)9-10-18(21-17)22-19(24)23-15-7-5-4-6-8-15;/h3-12H,1-2H3,(H,21,22,24);1H/b13-3+;. The van der Waals surface area contributed by atoms with Crippen LogP contribution in [-0.4, -0.2) is 15.1 Å². The van der Waals surface area contributed by atoms with Crippen LogP contribution < -0.4 is 10.1 Å². The first-order chi connectivity index (χ1) is 11.7. The van der Waals surface area contributed by atoms with Crippen molar-refractivity contribution in [1.29, 1.82) is 0 Å². The summed E-state index contributed by atoms with van der Waals surface area (Å²) >= 11 is 5.23. The summed E-state index contributed by atoms with van der Waals surface area (Å²) in [6, 6.07) is 15.2. The van der Waals surface area contributed by atoms with Crippen molar-refractivity contribution in [2.45, 2.75) is 13.8 Å². The number of fused-ring (bicyclic) bond motifs is 1. The van der Waals surface area contributed by atoms with Crippen LogP contribution in [0.3, 0.4) is 0 Å². The quantitative estimate of drug-likeness (QED) is 0.676. The summed E-state index contributed by atoms with van der Waals surface area (Å²) in [5.41, 5.74) is 3.86. The fourth-order valence-corrected chi connectivity index (χ4v) is 2.38. The van der Waals surface area contributed by atoms with Crippen molar-refractivity contribution in [2.24, 2.45) is 0 Å². The minimum atomic E-state index is 0. The molecule has 0 radical (unpaired) electrons. The molecule has 0 fully saturated rings. The summed E-state index contributed by atoms with van der Waals surface area (Å²) in [5.74, 6) is 1.31. The molecular weight excluding hydrogens is 318 g/mol. The van der Waals surface area contributed by atoms with Gasteiger partial charge in [-0.25, -0.2) is 4.98 Å². The number of para-hydroxylation sites is 1. The molecule has 0 bridgehead atoms. The normalized spacial score (nSPS) is 11.3. The fraction of sp³-hybridized carbons (Fsp3) is 0.105. The number of thiocarbonyl (C=S) groups is 1. The van der Waals surface area contributed by atoms with E-state index in [4.69, 9.17) is 17.0 Å². The summed E-state index contributed by atoms with van der Waals surface area (Å²) < 4.78 is 5.57. The number of aromatic nitrogens is 2. The smallest absolute Gasteiger partial charge is 0.267 e. The Kier molecular flexibility index (Phi) is 4.82. The molecule has 0 aliphatic rings. The highest BCUT2D eigenvalue weighted by atomic mass is 32.1. The van der Waals surface area contributed by atoms with E-state index in [9.17, 15) is 0 Å². The maximum Gasteiger partial charge on any atom is 0.267 e. The summed E-state index contributed by atoms with van der Waals surface area (Å²) in [6.45, 7) is 4.05. The molecule has 0 aliphatic heterocycles. The summed E-state index contributed by atoms with van der Waals surface area (Å²) in [7, 11) is 0. The van der Waals surface area contributed by atoms with Crippen molar-refractivity contribution in [1.82, 2.24) is 9.97 Å². The SMILES string of the molecule is C/C=C(\C)c1cnc2ccc(NC(=S)Oc3ccccc3)nc2c1.[HH]. The summed E-state index contributed by atoms with van der Waals surface area (Å²) in [6.07, 6.45) is 3.91. The maximum absolute atomic E-state index is 5.57. The van der Waals surface area contributed by atoms with E-state index in [1.807, 2.05) is 74.7 Å². The van der Waals surface area contributed by atoms with E-state index in [1.54, 1.807) is 0 Å². The van der Waals surface area contributed by atoms with Gasteiger partial charge in [-0.1, -0.05) is 24.3 Å². The monoisotopic (exact) mass is 337 g/mol. The van der Waals surface area contributed by atoms with Crippen LogP contribution in [0.4, 0.5) is 5.82 Å². The van der Waals surface area contributed by atoms with Crippen LogP contribution in [0.25, 0.3) is 16.6 Å². The largest absolute Gasteiger partial charge is 0.432 e. The highest BCUT2D eigenvalue weighted by molar-refractivity contribution is 7.80. The predicted molar refractivity (Wildman–Crippen MR) is 104 cm³/mol. The van der Waals surface area contributed by atoms with Gasteiger partial charge >= 0.3 is 0 Å². The Bertz CT molecular complexity index is 913. The Hall–Kier alpha value is -2.79. The van der Waals surface area contributed by atoms with Crippen LogP contribution in [0.2, 0.25) is 0 Å². The van der Waals surface area contributed by atoms with E-state index in [0.29, 0.717) is 11.6 Å². The minimum Gasteiger partial charge on any atom is -0.432 e. The van der Waals surface area contributed by atoms with Crippen LogP contribution in [0, 0.1) is 0 Å². The molecule has 1 N–H and O–H groups in total. The predicted octanol–water partition coefficient (Wildman–Crippen LogP) is 5.07. The molecule has 0 saturated carbocycles. The van der Waals surface area contributed by atoms with Crippen molar-refractivity contribution in [3.05, 3.63) is 66.4 Å². The van der Waals surface area contributed by atoms with E-state index in [2.05, 4.69) is 15.3 Å². The maximum atomic E-state index is 5.57. The number of anilines is 1. The summed E-state index contributed by atoms with van der Waals surface area (Å²) in [5, 5.41) is 3.25. The van der Waals surface area contributed by atoms with Crippen LogP contribution in [0.5, 0.6) is 5.75 Å². The number of pyridine rings is 2. The number of hydrogen-bond donors (Lipinski definition) is 1. The molecule has 4 nitrogen and oxygen atoms in total. The van der Waals surface area contributed by atoms with Crippen LogP contribution in [0.15, 0.2) is 60.8 Å². The number of rotatable bonds is 3. The van der Waals surface area contributed by atoms with Gasteiger partial charge in [-0.3, -0.25) is 4.98 Å². The van der Waals surface area contributed by atoms with Crippen molar-refractivity contribution < 1.29 is 6.16 Å². The lowest BCUT2D eigenvalue weighted by Gasteiger charge is -2.09. The summed E-state index contributed by atoms with van der Waals surface area (Å²) in [4.78, 5) is 9.01. The molecule has 0 aliphatic carbocycles. The average molecular weight is 337 g/mol. The Morgan fingerprint density at radius 1 is 1.17 bits per heavy atom. The van der Waals surface area contributed by atoms with E-state index in [-0.39, 0.29) is 6.60 Å². The van der Waals surface area contributed by atoms with Gasteiger partial charge in [0.2, 0.25) is 0 Å². The topological polar surface area (TPSA) is 47.0 Å². The molecule has 5 heteroatoms. The highest BCUT2D eigenvalue weighted by Gasteiger charge is 2.05. The van der Waals surface area contributed by atoms with Gasteiger partial charge in [-0.05, 0) is 67.5 Å². The van der Waals surface area contributed by atoms with Crippen LogP contribution >= 0.6 is 12.2 Å². The number of nitrogens with one attached hydrogen (secondary N) is 1. The molecule has 3 rings (SSSR count). The molecule has 0 atom stereocenters. The lowest BCUT2D eigenvalue weighted by molar-refractivity contribution is 0.563. The molecule has 3 aromatic rings. The lowest BCUT2D eigenvalue weighted by atomic mass is 10.1. The van der Waals surface area contributed by atoms with Crippen LogP contribution in [0.1, 0.15) is 20.8 Å². The third-order valence-electron chi connectivity index (χ3n) is 3.61. The lowest BCUT2D eigenvalue weighted by Crippen LogP contribution is -2.17. The number of allylic oxidation sites excluding steroid dienone is 2. The molecule has 0 spiro atoms. The average Bonchev–Trinajstić information content (AvgIpc) is 2.61. The van der Waals surface area contributed by atoms with E-state index >= 15 is 0 Å². The second kappa shape index (κ2) is 7.19. The molecule has 24 heavy (non-hydrogen) atoms. The zero-order valence-electron chi connectivity index (χ0n) is 13.5. The van der Waals surface area contributed by atoms with E-state index in [0.717, 1.165) is 22.2 Å². The Labute approximate surface area is 147 Å². The van der Waals surface area contributed by atoms with E-state index in [1.165, 1.54) is 0 Å². The number of hydrogen-bond acceptors (Lipinski definition) is 4. The Morgan fingerprint density at radius 2 is 1.96 bits per heavy atom. The first kappa shape index (κ1) is 16.1. The van der Waals surface area contributed by atoms with Gasteiger partial charge in [0.05, 0.1) is 11.0 Å². The van der Waals surface area contributed by atoms with Gasteiger partial charge in [-0.2, -0.15) is 0 Å². The molecule has 0 amide bonds. The Morgan fingerprint density at radius 3 is 2.71 bits per heavy atom. The van der Waals surface area contributed by atoms with Gasteiger partial charge in [0.25, 0.3) is 5.17 Å². The van der Waals surface area contributed by atoms with Gasteiger partial charge < -0.3 is 10.1 Å². The zero-order valence-corrected chi connectivity index (χ0v) is 14.3. The van der Waals surface area contributed by atoms with Crippen molar-refractivity contribution in [3.8, 4) is 5.75 Å². The van der Waals surface area contributed by atoms with Crippen LogP contribution in [-0.2, 0) is 0 Å². The van der Waals surface area contributed by atoms with Gasteiger partial charge in [0, 0.05) is 7.62 Å². The highest BCUT2D eigenvalue weighted by Crippen LogP contribution is 2.19. The van der Waals surface area contributed by atoms with Crippen molar-refractivity contribution >= 4 is 39.8 Å². The third-order valence-corrected chi connectivity index (χ3v) is 3.79. The second-order valence-corrected chi connectivity index (χ2v) is 5.63. The number of ether oxygens (including phenoxy) is 1. The molecule has 122 valence electrons. The van der Waals surface area contributed by atoms with Gasteiger partial charge in [-0.15, -0.1) is 0 Å². The second-order valence-electron chi connectivity index (χ2n) is 5.26. The first-order valence-electron chi connectivity index (χ1n) is 7.59. The molecular formula is C19H19N3OS. The molecule has 1 aromatic carbocycles. The zero-order chi connectivity index (χ0) is 16.9. The molecule has 0 unspecified atom stereocenters. The Balaban J connectivity index is 0.00000225. The van der Waals surface area contributed by atoms with Gasteiger partial charge in [0.1, 0.15) is 11.6 Å². The third kappa shape index (κ3) is 3.75. The van der Waals surface area contributed by atoms with E-state index < -0.39 is 0 Å². The van der Waals surface area contributed by atoms with Crippen molar-refractivity contribution in [2.75, 3.05) is 5.32 Å². The number of nitrogens with zero attached hydrogens (tertiary/aromatic N) is 2. The van der Waals surface area contributed by atoms with Gasteiger partial charge in [0.15, 0.2) is 0 Å². The molecule has 0 saturated heterocycles. The molecule has 2 aromatic heterocycles.